The Bertz CT molecular complexity index is 108. The van der Waals surface area contributed by atoms with Crippen LogP contribution in [-0.2, 0) is 0 Å². The van der Waals surface area contributed by atoms with Crippen molar-refractivity contribution in [3.8, 4) is 0 Å². The Hall–Kier alpha value is -0.0400. The molecule has 1 saturated carbocycles. The maximum atomic E-state index is 3.66. The smallest absolute Gasteiger partial charge is 0.00983 e. The fraction of sp³-hybridized carbons (Fsp3) is 1.00. The van der Waals surface area contributed by atoms with Gasteiger partial charge in [0.05, 0.1) is 0 Å². The molecular weight excluding hydrogens is 122 g/mol. The average molecular weight is 139 g/mol. The van der Waals surface area contributed by atoms with Gasteiger partial charge < -0.3 is 5.32 Å². The largest absolute Gasteiger partial charge is 0.311 e. The quantitative estimate of drug-likeness (QED) is 0.540. The zero-order valence-electron chi connectivity index (χ0n) is 6.77. The molecule has 58 valence electrons. The topological polar surface area (TPSA) is 12.0 Å². The molecule has 3 atom stereocenters. The van der Waals surface area contributed by atoms with Crippen molar-refractivity contribution in [1.82, 2.24) is 5.32 Å². The van der Waals surface area contributed by atoms with Crippen molar-refractivity contribution in [2.45, 2.75) is 51.1 Å². The van der Waals surface area contributed by atoms with Crippen LogP contribution in [0.5, 0.6) is 0 Å². The summed E-state index contributed by atoms with van der Waals surface area (Å²) in [5.41, 5.74) is 0. The van der Waals surface area contributed by atoms with Gasteiger partial charge in [-0.05, 0) is 32.1 Å². The fourth-order valence-electron chi connectivity index (χ4n) is 2.60. The molecule has 1 heteroatoms. The Morgan fingerprint density at radius 1 is 1.20 bits per heavy atom. The summed E-state index contributed by atoms with van der Waals surface area (Å²) in [6, 6.07) is 1.69. The number of rotatable bonds is 0. The van der Waals surface area contributed by atoms with Crippen molar-refractivity contribution >= 4 is 0 Å². The zero-order chi connectivity index (χ0) is 6.97. The van der Waals surface area contributed by atoms with Gasteiger partial charge in [-0.3, -0.25) is 0 Å². The molecule has 0 bridgehead atoms. The van der Waals surface area contributed by atoms with Crippen LogP contribution >= 0.6 is 0 Å². The summed E-state index contributed by atoms with van der Waals surface area (Å²) in [6.45, 7) is 2.32. The number of fused-ring (bicyclic) bond motifs is 1. The van der Waals surface area contributed by atoms with E-state index in [9.17, 15) is 0 Å². The third kappa shape index (κ3) is 1.07. The minimum atomic E-state index is 0.799. The van der Waals surface area contributed by atoms with E-state index in [0.29, 0.717) is 0 Å². The third-order valence-corrected chi connectivity index (χ3v) is 3.06. The van der Waals surface area contributed by atoms with E-state index in [1.54, 1.807) is 0 Å². The van der Waals surface area contributed by atoms with Crippen LogP contribution in [0.2, 0.25) is 0 Å². The lowest BCUT2D eigenvalue weighted by molar-refractivity contribution is 0.325. The molecule has 2 aliphatic rings. The lowest BCUT2D eigenvalue weighted by atomic mass is 9.85. The molecule has 10 heavy (non-hydrogen) atoms. The Labute approximate surface area is 63.2 Å². The van der Waals surface area contributed by atoms with Crippen molar-refractivity contribution in [2.24, 2.45) is 5.92 Å². The summed E-state index contributed by atoms with van der Waals surface area (Å²) >= 11 is 0. The molecule has 0 spiro atoms. The van der Waals surface area contributed by atoms with Gasteiger partial charge in [0.25, 0.3) is 0 Å². The zero-order valence-corrected chi connectivity index (χ0v) is 6.77. The van der Waals surface area contributed by atoms with Crippen LogP contribution in [-0.4, -0.2) is 12.1 Å². The van der Waals surface area contributed by atoms with Crippen LogP contribution in [0.1, 0.15) is 39.0 Å². The van der Waals surface area contributed by atoms with Gasteiger partial charge in [0.2, 0.25) is 0 Å². The molecule has 2 fully saturated rings. The summed E-state index contributed by atoms with van der Waals surface area (Å²) in [4.78, 5) is 0. The average Bonchev–Trinajstić information content (AvgIpc) is 2.27. The third-order valence-electron chi connectivity index (χ3n) is 3.06. The predicted octanol–water partition coefficient (Wildman–Crippen LogP) is 1.93. The van der Waals surface area contributed by atoms with Gasteiger partial charge in [0, 0.05) is 12.1 Å². The Morgan fingerprint density at radius 3 is 2.80 bits per heavy atom. The molecule has 0 unspecified atom stereocenters. The molecule has 1 N–H and O–H groups in total. The highest BCUT2D eigenvalue weighted by Gasteiger charge is 2.32. The normalized spacial score (nSPS) is 47.1. The summed E-state index contributed by atoms with van der Waals surface area (Å²) in [7, 11) is 0. The van der Waals surface area contributed by atoms with E-state index in [1.807, 2.05) is 0 Å². The van der Waals surface area contributed by atoms with E-state index in [4.69, 9.17) is 0 Å². The van der Waals surface area contributed by atoms with Crippen molar-refractivity contribution in [1.29, 1.82) is 0 Å². The van der Waals surface area contributed by atoms with Gasteiger partial charge in [0.1, 0.15) is 0 Å². The molecule has 0 aromatic carbocycles. The van der Waals surface area contributed by atoms with Crippen LogP contribution in [0.4, 0.5) is 0 Å². The second-order valence-corrected chi connectivity index (χ2v) is 3.95. The molecule has 0 aromatic heterocycles. The van der Waals surface area contributed by atoms with Crippen LogP contribution in [0.3, 0.4) is 0 Å². The number of hydrogen-bond acceptors (Lipinski definition) is 1. The number of hydrogen-bond donors (Lipinski definition) is 1. The van der Waals surface area contributed by atoms with Crippen LogP contribution in [0.25, 0.3) is 0 Å². The highest BCUT2D eigenvalue weighted by atomic mass is 15.0. The first-order valence-electron chi connectivity index (χ1n) is 4.62. The van der Waals surface area contributed by atoms with Gasteiger partial charge in [0.15, 0.2) is 0 Å². The molecule has 1 saturated heterocycles. The molecule has 0 amide bonds. The molecule has 1 aliphatic heterocycles. The first-order valence-corrected chi connectivity index (χ1v) is 4.62. The van der Waals surface area contributed by atoms with Gasteiger partial charge in [-0.1, -0.05) is 12.8 Å². The van der Waals surface area contributed by atoms with E-state index in [2.05, 4.69) is 12.2 Å². The molecular formula is C9H17N. The maximum absolute atomic E-state index is 3.66. The van der Waals surface area contributed by atoms with Gasteiger partial charge in [-0.15, -0.1) is 0 Å². The fourth-order valence-corrected chi connectivity index (χ4v) is 2.60. The maximum Gasteiger partial charge on any atom is 0.00983 e. The van der Waals surface area contributed by atoms with Crippen molar-refractivity contribution in [2.75, 3.05) is 0 Å². The van der Waals surface area contributed by atoms with Gasteiger partial charge in [-0.25, -0.2) is 0 Å². The molecule has 1 nitrogen and oxygen atoms in total. The van der Waals surface area contributed by atoms with Gasteiger partial charge in [-0.2, -0.15) is 0 Å². The first kappa shape index (κ1) is 6.66. The van der Waals surface area contributed by atoms with Crippen LogP contribution in [0.15, 0.2) is 0 Å². The highest BCUT2D eigenvalue weighted by molar-refractivity contribution is 4.90. The lowest BCUT2D eigenvalue weighted by Crippen LogP contribution is -2.31. The molecule has 1 aliphatic carbocycles. The summed E-state index contributed by atoms with van der Waals surface area (Å²) in [5, 5.41) is 3.66. The standard InChI is InChI=1S/C9H17N/c1-7-6-8-4-2-3-5-9(8)10-7/h7-10H,2-6H2,1H3/t7-,8-,9+/m0/s1. The van der Waals surface area contributed by atoms with Crippen molar-refractivity contribution < 1.29 is 0 Å². The summed E-state index contributed by atoms with van der Waals surface area (Å²) in [5.74, 6) is 1.03. The second-order valence-electron chi connectivity index (χ2n) is 3.95. The first-order chi connectivity index (χ1) is 4.86. The van der Waals surface area contributed by atoms with Crippen LogP contribution < -0.4 is 5.32 Å². The monoisotopic (exact) mass is 139 g/mol. The van der Waals surface area contributed by atoms with Gasteiger partial charge >= 0.3 is 0 Å². The highest BCUT2D eigenvalue weighted by Crippen LogP contribution is 2.32. The summed E-state index contributed by atoms with van der Waals surface area (Å²) in [6.07, 6.45) is 7.30. The Balaban J connectivity index is 1.97. The van der Waals surface area contributed by atoms with E-state index in [1.165, 1.54) is 32.1 Å². The lowest BCUT2D eigenvalue weighted by Gasteiger charge is -2.24. The Kier molecular flexibility index (Phi) is 1.69. The minimum Gasteiger partial charge on any atom is -0.311 e. The van der Waals surface area contributed by atoms with E-state index < -0.39 is 0 Å². The Morgan fingerprint density at radius 2 is 2.00 bits per heavy atom. The van der Waals surface area contributed by atoms with Crippen LogP contribution in [0, 0.1) is 5.92 Å². The SMILES string of the molecule is C[C@H]1C[C@@H]2CCCC[C@H]2N1. The molecule has 1 heterocycles. The predicted molar refractivity (Wildman–Crippen MR) is 43.0 cm³/mol. The minimum absolute atomic E-state index is 0.799. The van der Waals surface area contributed by atoms with Crippen molar-refractivity contribution in [3.63, 3.8) is 0 Å². The van der Waals surface area contributed by atoms with E-state index >= 15 is 0 Å². The second kappa shape index (κ2) is 2.54. The molecule has 0 radical (unpaired) electrons. The van der Waals surface area contributed by atoms with Crippen molar-refractivity contribution in [3.05, 3.63) is 0 Å². The van der Waals surface area contributed by atoms with E-state index in [-0.39, 0.29) is 0 Å². The van der Waals surface area contributed by atoms with E-state index in [0.717, 1.165) is 18.0 Å². The molecule has 0 aromatic rings. The summed E-state index contributed by atoms with van der Waals surface area (Å²) < 4.78 is 0. The number of nitrogens with one attached hydrogen (secondary N) is 1. The molecule has 2 rings (SSSR count).